The first-order chi connectivity index (χ1) is 14.4. The number of nitrogens with zero attached hydrogens (tertiary/aromatic N) is 2. The van der Waals surface area contributed by atoms with Crippen molar-refractivity contribution in [2.75, 3.05) is 16.8 Å². The van der Waals surface area contributed by atoms with Gasteiger partial charge in [0.05, 0.1) is 16.6 Å². The number of hydrogen-bond donors (Lipinski definition) is 2. The highest BCUT2D eigenvalue weighted by Gasteiger charge is 2.24. The van der Waals surface area contributed by atoms with Crippen LogP contribution in [-0.4, -0.2) is 27.9 Å². The Morgan fingerprint density at radius 3 is 2.67 bits per heavy atom. The molecule has 2 N–H and O–H groups in total. The predicted octanol–water partition coefficient (Wildman–Crippen LogP) is 1.98. The fraction of sp³-hybridized carbons (Fsp3) is 0.238. The van der Waals surface area contributed by atoms with Crippen LogP contribution in [0.1, 0.15) is 19.3 Å². The average Bonchev–Trinajstić information content (AvgIpc) is 3.13. The highest BCUT2D eigenvalue weighted by atomic mass is 19.1. The van der Waals surface area contributed by atoms with Gasteiger partial charge in [0.25, 0.3) is 5.56 Å². The molecule has 0 atom stereocenters. The van der Waals surface area contributed by atoms with Crippen molar-refractivity contribution in [3.63, 3.8) is 0 Å². The molecule has 2 heterocycles. The summed E-state index contributed by atoms with van der Waals surface area (Å²) in [6.45, 7) is 0.522. The quantitative estimate of drug-likeness (QED) is 0.671. The molecule has 8 nitrogen and oxygen atoms in total. The first-order valence-electron chi connectivity index (χ1n) is 9.55. The lowest BCUT2D eigenvalue weighted by atomic mass is 10.2. The molecule has 3 aromatic rings. The maximum atomic E-state index is 14.4. The van der Waals surface area contributed by atoms with E-state index in [9.17, 15) is 23.6 Å². The van der Waals surface area contributed by atoms with E-state index in [1.807, 2.05) is 0 Å². The Hall–Kier alpha value is -3.75. The van der Waals surface area contributed by atoms with Crippen molar-refractivity contribution >= 4 is 34.1 Å². The number of H-pyrrole nitrogens is 1. The van der Waals surface area contributed by atoms with Crippen molar-refractivity contribution in [1.82, 2.24) is 9.55 Å². The molecule has 9 heteroatoms. The molecule has 0 radical (unpaired) electrons. The van der Waals surface area contributed by atoms with Crippen LogP contribution in [0.2, 0.25) is 0 Å². The van der Waals surface area contributed by atoms with E-state index < -0.39 is 23.0 Å². The van der Waals surface area contributed by atoms with Gasteiger partial charge in [0.1, 0.15) is 5.82 Å². The SMILES string of the molecule is O=C(CCn1c(=O)[nH]c(=O)c2ccccc21)Nc1ccc(N2CCCC2=O)c(F)c1. The van der Waals surface area contributed by atoms with Crippen LogP contribution >= 0.6 is 0 Å². The third-order valence-electron chi connectivity index (χ3n) is 5.06. The number of fused-ring (bicyclic) bond motifs is 1. The Labute approximate surface area is 169 Å². The van der Waals surface area contributed by atoms with Crippen molar-refractivity contribution in [2.24, 2.45) is 0 Å². The number of benzene rings is 2. The lowest BCUT2D eigenvalue weighted by Gasteiger charge is -2.17. The van der Waals surface area contributed by atoms with Gasteiger partial charge in [0.2, 0.25) is 11.8 Å². The van der Waals surface area contributed by atoms with Gasteiger partial charge in [-0.05, 0) is 36.8 Å². The minimum Gasteiger partial charge on any atom is -0.326 e. The van der Waals surface area contributed by atoms with Gasteiger partial charge in [0.15, 0.2) is 0 Å². The van der Waals surface area contributed by atoms with Crippen LogP contribution in [0.5, 0.6) is 0 Å². The zero-order chi connectivity index (χ0) is 21.3. The smallest absolute Gasteiger partial charge is 0.326 e. The molecule has 0 bridgehead atoms. The zero-order valence-corrected chi connectivity index (χ0v) is 16.0. The summed E-state index contributed by atoms with van der Waals surface area (Å²) in [5.74, 6) is -1.13. The van der Waals surface area contributed by atoms with E-state index in [0.29, 0.717) is 30.3 Å². The summed E-state index contributed by atoms with van der Waals surface area (Å²) in [4.78, 5) is 51.8. The molecule has 30 heavy (non-hydrogen) atoms. The molecule has 0 saturated carbocycles. The van der Waals surface area contributed by atoms with E-state index in [2.05, 4.69) is 10.3 Å². The van der Waals surface area contributed by atoms with Gasteiger partial charge in [0, 0.05) is 31.6 Å². The Morgan fingerprint density at radius 1 is 1.13 bits per heavy atom. The summed E-state index contributed by atoms with van der Waals surface area (Å²) >= 11 is 0. The topological polar surface area (TPSA) is 104 Å². The first-order valence-corrected chi connectivity index (χ1v) is 9.55. The normalized spacial score (nSPS) is 13.8. The number of carbonyl (C=O) groups is 2. The van der Waals surface area contributed by atoms with Gasteiger partial charge >= 0.3 is 5.69 Å². The molecular formula is C21H19FN4O4. The monoisotopic (exact) mass is 410 g/mol. The van der Waals surface area contributed by atoms with Crippen molar-refractivity contribution in [3.05, 3.63) is 69.1 Å². The van der Waals surface area contributed by atoms with Crippen LogP contribution in [0.4, 0.5) is 15.8 Å². The Balaban J connectivity index is 1.47. The third-order valence-corrected chi connectivity index (χ3v) is 5.06. The van der Waals surface area contributed by atoms with Gasteiger partial charge in [-0.3, -0.25) is 23.9 Å². The summed E-state index contributed by atoms with van der Waals surface area (Å²) in [5, 5.41) is 2.94. The number of nitrogens with one attached hydrogen (secondary N) is 2. The number of amides is 2. The van der Waals surface area contributed by atoms with E-state index in [-0.39, 0.29) is 30.2 Å². The molecular weight excluding hydrogens is 391 g/mol. The third kappa shape index (κ3) is 3.73. The van der Waals surface area contributed by atoms with Crippen LogP contribution in [0, 0.1) is 5.82 Å². The van der Waals surface area contributed by atoms with Gasteiger partial charge in [-0.1, -0.05) is 12.1 Å². The summed E-state index contributed by atoms with van der Waals surface area (Å²) < 4.78 is 15.7. The van der Waals surface area contributed by atoms with Crippen LogP contribution in [0.25, 0.3) is 10.9 Å². The van der Waals surface area contributed by atoms with Crippen molar-refractivity contribution < 1.29 is 14.0 Å². The number of halogens is 1. The van der Waals surface area contributed by atoms with Gasteiger partial charge < -0.3 is 10.2 Å². The fourth-order valence-corrected chi connectivity index (χ4v) is 3.61. The van der Waals surface area contributed by atoms with E-state index in [4.69, 9.17) is 0 Å². The number of anilines is 2. The lowest BCUT2D eigenvalue weighted by Crippen LogP contribution is -2.31. The van der Waals surface area contributed by atoms with E-state index in [1.54, 1.807) is 24.3 Å². The van der Waals surface area contributed by atoms with E-state index >= 15 is 0 Å². The number of hydrogen-bond acceptors (Lipinski definition) is 4. The standard InChI is InChI=1S/C21H19FN4O4/c22-15-12-13(7-8-17(15)25-10-3-6-19(25)28)23-18(27)9-11-26-16-5-2-1-4-14(16)20(29)24-21(26)30/h1-2,4-5,7-8,12H,3,6,9-11H2,(H,23,27)(H,24,29,30). The lowest BCUT2D eigenvalue weighted by molar-refractivity contribution is -0.117. The fourth-order valence-electron chi connectivity index (χ4n) is 3.61. The van der Waals surface area contributed by atoms with Crippen LogP contribution in [0.3, 0.4) is 0 Å². The molecule has 1 aliphatic heterocycles. The molecule has 2 amide bonds. The zero-order valence-electron chi connectivity index (χ0n) is 16.0. The highest BCUT2D eigenvalue weighted by Crippen LogP contribution is 2.26. The average molecular weight is 410 g/mol. The molecule has 1 aromatic heterocycles. The summed E-state index contributed by atoms with van der Waals surface area (Å²) in [5.41, 5.74) is -0.196. The minimum atomic E-state index is -0.600. The predicted molar refractivity (Wildman–Crippen MR) is 110 cm³/mol. The molecule has 2 aromatic carbocycles. The second-order valence-corrected chi connectivity index (χ2v) is 7.04. The molecule has 0 spiro atoms. The molecule has 0 unspecified atom stereocenters. The summed E-state index contributed by atoms with van der Waals surface area (Å²) in [6, 6.07) is 10.8. The number of carbonyl (C=O) groups excluding carboxylic acids is 2. The van der Waals surface area contributed by atoms with Crippen molar-refractivity contribution in [1.29, 1.82) is 0 Å². The Bertz CT molecular complexity index is 1260. The number of rotatable bonds is 5. The second-order valence-electron chi connectivity index (χ2n) is 7.04. The number of aromatic amines is 1. The van der Waals surface area contributed by atoms with Gasteiger partial charge in [-0.2, -0.15) is 0 Å². The van der Waals surface area contributed by atoms with E-state index in [0.717, 1.165) is 0 Å². The molecule has 1 fully saturated rings. The first kappa shape index (κ1) is 19.6. The highest BCUT2D eigenvalue weighted by molar-refractivity contribution is 5.96. The number of aromatic nitrogens is 2. The summed E-state index contributed by atoms with van der Waals surface area (Å²) in [7, 11) is 0. The largest absolute Gasteiger partial charge is 0.328 e. The van der Waals surface area contributed by atoms with Crippen LogP contribution in [-0.2, 0) is 16.1 Å². The summed E-state index contributed by atoms with van der Waals surface area (Å²) in [6.07, 6.45) is 1.04. The number of para-hydroxylation sites is 1. The second kappa shape index (κ2) is 7.94. The Morgan fingerprint density at radius 2 is 1.93 bits per heavy atom. The Kier molecular flexibility index (Phi) is 5.18. The minimum absolute atomic E-state index is 0.0464. The van der Waals surface area contributed by atoms with Gasteiger partial charge in [-0.25, -0.2) is 9.18 Å². The van der Waals surface area contributed by atoms with E-state index in [1.165, 1.54) is 27.7 Å². The number of aryl methyl sites for hydroxylation is 1. The molecule has 1 saturated heterocycles. The van der Waals surface area contributed by atoms with Gasteiger partial charge in [-0.15, -0.1) is 0 Å². The van der Waals surface area contributed by atoms with Crippen LogP contribution in [0.15, 0.2) is 52.1 Å². The van der Waals surface area contributed by atoms with Crippen molar-refractivity contribution in [2.45, 2.75) is 25.8 Å². The van der Waals surface area contributed by atoms with Crippen LogP contribution < -0.4 is 21.5 Å². The molecule has 4 rings (SSSR count). The maximum absolute atomic E-state index is 14.4. The van der Waals surface area contributed by atoms with Crippen molar-refractivity contribution in [3.8, 4) is 0 Å². The maximum Gasteiger partial charge on any atom is 0.328 e. The molecule has 0 aliphatic carbocycles. The molecule has 154 valence electrons. The molecule has 1 aliphatic rings.